The van der Waals surface area contributed by atoms with Crippen LogP contribution in [0.1, 0.15) is 86.2 Å². The van der Waals surface area contributed by atoms with Crippen LogP contribution in [0.5, 0.6) is 0 Å². The first kappa shape index (κ1) is 31.3. The Kier molecular flexibility index (Phi) is 6.81. The van der Waals surface area contributed by atoms with Crippen molar-refractivity contribution in [1.29, 1.82) is 0 Å². The van der Waals surface area contributed by atoms with E-state index in [4.69, 9.17) is 0 Å². The Labute approximate surface area is 301 Å². The second kappa shape index (κ2) is 10.9. The second-order valence-corrected chi connectivity index (χ2v) is 17.3. The molecule has 0 radical (unpaired) electrons. The van der Waals surface area contributed by atoms with Gasteiger partial charge in [0.25, 0.3) is 0 Å². The zero-order valence-electron chi connectivity index (χ0n) is 30.2. The average Bonchev–Trinajstić information content (AvgIpc) is 3.75. The number of benzene rings is 5. The number of aryl methyl sites for hydroxylation is 1. The molecule has 0 aliphatic heterocycles. The number of allylic oxidation sites excluding steroid dienone is 4. The van der Waals surface area contributed by atoms with Gasteiger partial charge in [0.15, 0.2) is 0 Å². The highest BCUT2D eigenvalue weighted by molar-refractivity contribution is 7.16. The Morgan fingerprint density at radius 3 is 1.68 bits per heavy atom. The number of rotatable bonds is 4. The molecule has 0 bridgehead atoms. The fraction of sp³-hybridized carbons (Fsp3) is 0.224. The smallest absolute Gasteiger partial charge is 0.0352 e. The Morgan fingerprint density at radius 2 is 1.04 bits per heavy atom. The fourth-order valence-electron chi connectivity index (χ4n) is 9.30. The minimum atomic E-state index is -0.0322. The van der Waals surface area contributed by atoms with E-state index in [1.165, 1.54) is 93.2 Å². The van der Waals surface area contributed by atoms with Gasteiger partial charge in [-0.05, 0) is 116 Å². The summed E-state index contributed by atoms with van der Waals surface area (Å²) in [5, 5.41) is 0. The molecule has 1 aromatic heterocycles. The van der Waals surface area contributed by atoms with Crippen LogP contribution in [0, 0.1) is 6.92 Å². The van der Waals surface area contributed by atoms with Gasteiger partial charge in [-0.25, -0.2) is 0 Å². The number of thiophene rings is 1. The molecule has 1 atom stereocenters. The van der Waals surface area contributed by atoms with E-state index in [2.05, 4.69) is 176 Å². The van der Waals surface area contributed by atoms with Crippen LogP contribution in [0.3, 0.4) is 0 Å². The maximum absolute atomic E-state index is 2.50. The topological polar surface area (TPSA) is 0 Å². The Bertz CT molecular complexity index is 2440. The lowest BCUT2D eigenvalue weighted by molar-refractivity contribution is 0.578. The molecule has 246 valence electrons. The molecule has 3 aliphatic rings. The SMILES string of the molecule is CC1=C(c2ccc(-c3ccc(-c4ccc5c(c4)C(C)(C)c4ccccc4-5)cc3C)s2)C=CC(C)(c2ccc3c(c2)C(C)(C)c2ccccc2-3)C1. The summed E-state index contributed by atoms with van der Waals surface area (Å²) in [6, 6.07) is 43.8. The summed E-state index contributed by atoms with van der Waals surface area (Å²) in [6.07, 6.45) is 5.88. The lowest BCUT2D eigenvalue weighted by Gasteiger charge is -2.33. The average molecular weight is 665 g/mol. The van der Waals surface area contributed by atoms with Crippen LogP contribution >= 0.6 is 11.3 Å². The number of hydrogen-bond acceptors (Lipinski definition) is 1. The number of fused-ring (bicyclic) bond motifs is 6. The van der Waals surface area contributed by atoms with Crippen molar-refractivity contribution in [3.63, 3.8) is 0 Å². The van der Waals surface area contributed by atoms with Gasteiger partial charge in [0.2, 0.25) is 0 Å². The van der Waals surface area contributed by atoms with E-state index in [-0.39, 0.29) is 16.2 Å². The highest BCUT2D eigenvalue weighted by atomic mass is 32.1. The third-order valence-corrected chi connectivity index (χ3v) is 13.4. The third-order valence-electron chi connectivity index (χ3n) is 12.2. The quantitative estimate of drug-likeness (QED) is 0.176. The van der Waals surface area contributed by atoms with Crippen LogP contribution in [-0.2, 0) is 16.2 Å². The third kappa shape index (κ3) is 4.56. The van der Waals surface area contributed by atoms with E-state index in [1.807, 2.05) is 11.3 Å². The highest BCUT2D eigenvalue weighted by Crippen LogP contribution is 2.52. The van der Waals surface area contributed by atoms with Gasteiger partial charge in [0.05, 0.1) is 0 Å². The van der Waals surface area contributed by atoms with Crippen molar-refractivity contribution in [2.45, 2.75) is 71.1 Å². The van der Waals surface area contributed by atoms with Crippen LogP contribution in [0.4, 0.5) is 0 Å². The predicted molar refractivity (Wildman–Crippen MR) is 215 cm³/mol. The van der Waals surface area contributed by atoms with E-state index >= 15 is 0 Å². The Morgan fingerprint density at radius 1 is 0.500 bits per heavy atom. The molecule has 6 aromatic rings. The molecular formula is C49H44S. The predicted octanol–water partition coefficient (Wildman–Crippen LogP) is 13.7. The van der Waals surface area contributed by atoms with Crippen molar-refractivity contribution in [3.8, 4) is 43.8 Å². The van der Waals surface area contributed by atoms with Crippen molar-refractivity contribution < 1.29 is 0 Å². The van der Waals surface area contributed by atoms with Crippen molar-refractivity contribution in [2.75, 3.05) is 0 Å². The summed E-state index contributed by atoms with van der Waals surface area (Å²) in [7, 11) is 0. The van der Waals surface area contributed by atoms with Gasteiger partial charge < -0.3 is 0 Å². The van der Waals surface area contributed by atoms with Crippen LogP contribution in [0.2, 0.25) is 0 Å². The summed E-state index contributed by atoms with van der Waals surface area (Å²) in [5.41, 5.74) is 20.7. The van der Waals surface area contributed by atoms with E-state index in [0.717, 1.165) is 6.42 Å². The molecule has 50 heavy (non-hydrogen) atoms. The van der Waals surface area contributed by atoms with E-state index in [9.17, 15) is 0 Å². The molecule has 0 nitrogen and oxygen atoms in total. The normalized spacial score (nSPS) is 19.3. The molecular weight excluding hydrogens is 621 g/mol. The Hall–Kier alpha value is -4.72. The van der Waals surface area contributed by atoms with Crippen molar-refractivity contribution in [2.24, 2.45) is 0 Å². The summed E-state index contributed by atoms with van der Waals surface area (Å²) in [6.45, 7) is 16.5. The van der Waals surface area contributed by atoms with Crippen molar-refractivity contribution in [1.82, 2.24) is 0 Å². The monoisotopic (exact) mass is 664 g/mol. The molecule has 1 unspecified atom stereocenters. The van der Waals surface area contributed by atoms with Crippen molar-refractivity contribution >= 4 is 16.9 Å². The lowest BCUT2D eigenvalue weighted by atomic mass is 9.71. The van der Waals surface area contributed by atoms with Gasteiger partial charge in [-0.15, -0.1) is 11.3 Å². The first-order valence-electron chi connectivity index (χ1n) is 18.1. The number of hydrogen-bond donors (Lipinski definition) is 0. The van der Waals surface area contributed by atoms with Gasteiger partial charge in [0, 0.05) is 26.0 Å². The van der Waals surface area contributed by atoms with Crippen molar-refractivity contribution in [3.05, 3.63) is 171 Å². The molecule has 0 saturated heterocycles. The standard InChI is InChI=1S/C49H44S/c1-30-26-32(33-17-20-39-37-12-8-10-14-41(37)47(3,4)43(39)27-33)16-19-35(30)45-22-23-46(50-45)36-24-25-49(7,29-31(36)2)34-18-21-40-38-13-9-11-15-42(38)48(5,6)44(40)28-34/h8-28H,29H2,1-7H3. The van der Waals surface area contributed by atoms with Gasteiger partial charge in [-0.2, -0.15) is 0 Å². The first-order valence-corrected chi connectivity index (χ1v) is 18.9. The van der Waals surface area contributed by atoms with Gasteiger partial charge in [-0.1, -0.05) is 149 Å². The molecule has 3 aliphatic carbocycles. The first-order chi connectivity index (χ1) is 24.0. The lowest BCUT2D eigenvalue weighted by Crippen LogP contribution is -2.23. The summed E-state index contributed by atoms with van der Waals surface area (Å²) in [5.74, 6) is 0. The zero-order chi connectivity index (χ0) is 34.6. The molecule has 5 aromatic carbocycles. The maximum Gasteiger partial charge on any atom is 0.0352 e. The van der Waals surface area contributed by atoms with Crippen LogP contribution in [0.15, 0.2) is 133 Å². The van der Waals surface area contributed by atoms with Crippen LogP contribution < -0.4 is 0 Å². The molecule has 0 N–H and O–H groups in total. The van der Waals surface area contributed by atoms with E-state index in [1.54, 1.807) is 0 Å². The zero-order valence-corrected chi connectivity index (χ0v) is 31.1. The minimum absolute atomic E-state index is 0.00669. The van der Waals surface area contributed by atoms with Gasteiger partial charge >= 0.3 is 0 Å². The van der Waals surface area contributed by atoms with E-state index < -0.39 is 0 Å². The largest absolute Gasteiger partial charge is 0.135 e. The second-order valence-electron chi connectivity index (χ2n) is 16.2. The molecule has 0 spiro atoms. The molecule has 0 saturated carbocycles. The maximum atomic E-state index is 2.50. The molecule has 1 heteroatoms. The highest BCUT2D eigenvalue weighted by Gasteiger charge is 2.38. The summed E-state index contributed by atoms with van der Waals surface area (Å²) in [4.78, 5) is 2.68. The van der Waals surface area contributed by atoms with Crippen LogP contribution in [0.25, 0.3) is 49.4 Å². The van der Waals surface area contributed by atoms with Gasteiger partial charge in [-0.3, -0.25) is 0 Å². The molecule has 0 amide bonds. The van der Waals surface area contributed by atoms with Gasteiger partial charge in [0.1, 0.15) is 0 Å². The summed E-state index contributed by atoms with van der Waals surface area (Å²) >= 11 is 1.92. The minimum Gasteiger partial charge on any atom is -0.135 e. The fourth-order valence-corrected chi connectivity index (χ4v) is 10.5. The van der Waals surface area contributed by atoms with E-state index in [0.29, 0.717) is 0 Å². The molecule has 1 heterocycles. The summed E-state index contributed by atoms with van der Waals surface area (Å²) < 4.78 is 0. The van der Waals surface area contributed by atoms with Crippen LogP contribution in [-0.4, -0.2) is 0 Å². The Balaban J connectivity index is 0.973. The molecule has 0 fully saturated rings. The molecule has 9 rings (SSSR count).